The van der Waals surface area contributed by atoms with Crippen LogP contribution in [0.15, 0.2) is 60.7 Å². The molecule has 0 spiro atoms. The Morgan fingerprint density at radius 3 is 1.71 bits per heavy atom. The van der Waals surface area contributed by atoms with Crippen LogP contribution >= 0.6 is 0 Å². The smallest absolute Gasteiger partial charge is 0.320 e. The average Bonchev–Trinajstić information content (AvgIpc) is 2.80. The van der Waals surface area contributed by atoms with Crippen molar-refractivity contribution in [3.63, 3.8) is 0 Å². The Morgan fingerprint density at radius 1 is 0.742 bits per heavy atom. The third-order valence-corrected chi connectivity index (χ3v) is 4.84. The first-order valence-electron chi connectivity index (χ1n) is 10.9. The summed E-state index contributed by atoms with van der Waals surface area (Å²) in [6.07, 6.45) is 4.21. The lowest BCUT2D eigenvalue weighted by Crippen LogP contribution is -2.36. The third kappa shape index (κ3) is 11.3. The summed E-state index contributed by atoms with van der Waals surface area (Å²) in [5.74, 6) is -0.676. The van der Waals surface area contributed by atoms with Crippen LogP contribution in [0.25, 0.3) is 0 Å². The van der Waals surface area contributed by atoms with E-state index < -0.39 is 0 Å². The minimum absolute atomic E-state index is 0.0732. The number of carbonyl (C=O) groups is 2. The van der Waals surface area contributed by atoms with Crippen LogP contribution in [0.3, 0.4) is 0 Å². The Morgan fingerprint density at radius 2 is 1.23 bits per heavy atom. The molecule has 0 amide bonds. The first-order chi connectivity index (χ1) is 15.2. The summed E-state index contributed by atoms with van der Waals surface area (Å²) >= 11 is 0. The molecule has 0 atom stereocenters. The molecule has 0 aromatic heterocycles. The molecule has 168 valence electrons. The average molecular weight is 427 g/mol. The zero-order chi connectivity index (χ0) is 22.2. The highest BCUT2D eigenvalue weighted by Crippen LogP contribution is 2.06. The lowest BCUT2D eigenvalue weighted by molar-refractivity contribution is -0.150. The fourth-order valence-electron chi connectivity index (χ4n) is 3.14. The van der Waals surface area contributed by atoms with Crippen LogP contribution in [-0.2, 0) is 32.3 Å². The third-order valence-electron chi connectivity index (χ3n) is 4.84. The van der Waals surface area contributed by atoms with Gasteiger partial charge in [0.15, 0.2) is 0 Å². The van der Waals surface area contributed by atoms with Gasteiger partial charge in [-0.15, -0.1) is 0 Å². The molecule has 2 aromatic rings. The van der Waals surface area contributed by atoms with Crippen LogP contribution < -0.4 is 5.32 Å². The van der Waals surface area contributed by atoms with Crippen molar-refractivity contribution in [2.75, 3.05) is 33.2 Å². The van der Waals surface area contributed by atoms with Gasteiger partial charge in [-0.1, -0.05) is 73.5 Å². The van der Waals surface area contributed by atoms with E-state index in [9.17, 15) is 9.59 Å². The van der Waals surface area contributed by atoms with Gasteiger partial charge in [0.25, 0.3) is 0 Å². The Labute approximate surface area is 185 Å². The molecular formula is C25H34N2O4. The lowest BCUT2D eigenvalue weighted by Gasteiger charge is -2.20. The number of benzene rings is 2. The molecular weight excluding hydrogens is 392 g/mol. The summed E-state index contributed by atoms with van der Waals surface area (Å²) in [5, 5.41) is 3.14. The fourth-order valence-corrected chi connectivity index (χ4v) is 3.14. The van der Waals surface area contributed by atoms with Gasteiger partial charge in [-0.3, -0.25) is 14.5 Å². The number of carbonyl (C=O) groups excluding carboxylic acids is 2. The Balaban J connectivity index is 1.79. The Bertz CT molecular complexity index is 695. The Kier molecular flexibility index (Phi) is 12.0. The van der Waals surface area contributed by atoms with Crippen LogP contribution in [0, 0.1) is 0 Å². The second-order valence-electron chi connectivity index (χ2n) is 7.52. The number of esters is 2. The van der Waals surface area contributed by atoms with Gasteiger partial charge >= 0.3 is 11.9 Å². The highest BCUT2D eigenvalue weighted by atomic mass is 16.5. The fraction of sp³-hybridized carbons (Fsp3) is 0.440. The molecule has 0 bridgehead atoms. The molecule has 2 rings (SSSR count). The molecule has 0 radical (unpaired) electrons. The van der Waals surface area contributed by atoms with E-state index in [1.54, 1.807) is 0 Å². The maximum Gasteiger partial charge on any atom is 0.320 e. The standard InChI is InChI=1S/C25H34N2O4/c1-26-16-10-2-3-11-17-27(18-24(28)30-20-22-12-6-4-7-13-22)19-25(29)31-21-23-14-8-5-9-15-23/h4-9,12-15,26H,2-3,10-11,16-21H2,1H3. The van der Waals surface area contributed by atoms with E-state index in [0.717, 1.165) is 43.4 Å². The van der Waals surface area contributed by atoms with Crippen LogP contribution in [-0.4, -0.2) is 50.1 Å². The molecule has 0 aliphatic heterocycles. The number of ether oxygens (including phenoxy) is 2. The van der Waals surface area contributed by atoms with Gasteiger partial charge in [-0.25, -0.2) is 0 Å². The van der Waals surface area contributed by atoms with Crippen molar-refractivity contribution in [1.82, 2.24) is 10.2 Å². The minimum atomic E-state index is -0.338. The highest BCUT2D eigenvalue weighted by molar-refractivity contribution is 5.75. The molecule has 0 aliphatic rings. The number of rotatable bonds is 15. The summed E-state index contributed by atoms with van der Waals surface area (Å²) in [7, 11) is 1.95. The largest absolute Gasteiger partial charge is 0.460 e. The van der Waals surface area contributed by atoms with Crippen LogP contribution in [0.5, 0.6) is 0 Å². The second-order valence-corrected chi connectivity index (χ2v) is 7.52. The zero-order valence-electron chi connectivity index (χ0n) is 18.4. The number of hydrogen-bond acceptors (Lipinski definition) is 6. The van der Waals surface area contributed by atoms with Gasteiger partial charge in [0.2, 0.25) is 0 Å². The first-order valence-corrected chi connectivity index (χ1v) is 10.9. The van der Waals surface area contributed by atoms with E-state index in [0.29, 0.717) is 6.54 Å². The lowest BCUT2D eigenvalue weighted by atomic mass is 10.2. The van der Waals surface area contributed by atoms with E-state index >= 15 is 0 Å². The number of unbranched alkanes of at least 4 members (excludes halogenated alkanes) is 3. The van der Waals surface area contributed by atoms with Gasteiger partial charge in [0, 0.05) is 0 Å². The highest BCUT2D eigenvalue weighted by Gasteiger charge is 2.16. The van der Waals surface area contributed by atoms with Gasteiger partial charge in [-0.2, -0.15) is 0 Å². The van der Waals surface area contributed by atoms with Crippen molar-refractivity contribution in [3.05, 3.63) is 71.8 Å². The normalized spacial score (nSPS) is 10.8. The maximum absolute atomic E-state index is 12.3. The van der Waals surface area contributed by atoms with Crippen molar-refractivity contribution in [1.29, 1.82) is 0 Å². The van der Waals surface area contributed by atoms with E-state index in [2.05, 4.69) is 5.32 Å². The second kappa shape index (κ2) is 15.2. The molecule has 6 nitrogen and oxygen atoms in total. The van der Waals surface area contributed by atoms with Crippen molar-refractivity contribution >= 4 is 11.9 Å². The predicted octanol–water partition coefficient (Wildman–Crippen LogP) is 3.56. The predicted molar refractivity (Wildman–Crippen MR) is 121 cm³/mol. The molecule has 0 heterocycles. The first kappa shape index (κ1) is 24.6. The summed E-state index contributed by atoms with van der Waals surface area (Å²) in [4.78, 5) is 26.5. The van der Waals surface area contributed by atoms with Crippen LogP contribution in [0.1, 0.15) is 36.8 Å². The van der Waals surface area contributed by atoms with E-state index in [-0.39, 0.29) is 38.2 Å². The van der Waals surface area contributed by atoms with Gasteiger partial charge in [0.05, 0.1) is 13.1 Å². The number of nitrogens with zero attached hydrogens (tertiary/aromatic N) is 1. The quantitative estimate of drug-likeness (QED) is 0.347. The molecule has 1 N–H and O–H groups in total. The van der Waals surface area contributed by atoms with Crippen molar-refractivity contribution in [2.24, 2.45) is 0 Å². The van der Waals surface area contributed by atoms with Crippen molar-refractivity contribution in [3.8, 4) is 0 Å². The van der Waals surface area contributed by atoms with E-state index in [4.69, 9.17) is 9.47 Å². The summed E-state index contributed by atoms with van der Waals surface area (Å²) < 4.78 is 10.8. The molecule has 0 unspecified atom stereocenters. The number of nitrogens with one attached hydrogen (secondary N) is 1. The summed E-state index contributed by atoms with van der Waals surface area (Å²) in [6, 6.07) is 19.1. The van der Waals surface area contributed by atoms with E-state index in [1.807, 2.05) is 72.6 Å². The molecule has 6 heteroatoms. The molecule has 0 saturated carbocycles. The summed E-state index contributed by atoms with van der Waals surface area (Å²) in [6.45, 7) is 2.27. The molecule has 0 fully saturated rings. The molecule has 31 heavy (non-hydrogen) atoms. The van der Waals surface area contributed by atoms with Crippen molar-refractivity contribution in [2.45, 2.75) is 38.9 Å². The topological polar surface area (TPSA) is 67.9 Å². The maximum atomic E-state index is 12.3. The van der Waals surface area contributed by atoms with Crippen LogP contribution in [0.4, 0.5) is 0 Å². The van der Waals surface area contributed by atoms with Gasteiger partial charge in [-0.05, 0) is 44.1 Å². The summed E-state index contributed by atoms with van der Waals surface area (Å²) in [5.41, 5.74) is 1.88. The zero-order valence-corrected chi connectivity index (χ0v) is 18.4. The Hall–Kier alpha value is -2.70. The minimum Gasteiger partial charge on any atom is -0.460 e. The van der Waals surface area contributed by atoms with Gasteiger partial charge in [0.1, 0.15) is 13.2 Å². The molecule has 0 aliphatic carbocycles. The molecule has 0 saturated heterocycles. The monoisotopic (exact) mass is 426 g/mol. The van der Waals surface area contributed by atoms with E-state index in [1.165, 1.54) is 0 Å². The SMILES string of the molecule is CNCCCCCCN(CC(=O)OCc1ccccc1)CC(=O)OCc1ccccc1. The van der Waals surface area contributed by atoms with Gasteiger partial charge < -0.3 is 14.8 Å². The number of hydrogen-bond donors (Lipinski definition) is 1. The van der Waals surface area contributed by atoms with Crippen molar-refractivity contribution < 1.29 is 19.1 Å². The van der Waals surface area contributed by atoms with Crippen LogP contribution in [0.2, 0.25) is 0 Å². The molecule has 2 aromatic carbocycles.